The number of hydrogen-bond acceptors (Lipinski definition) is 3. The van der Waals surface area contributed by atoms with Gasteiger partial charge in [-0.1, -0.05) is 32.4 Å². The molecule has 21 heavy (non-hydrogen) atoms. The molecule has 1 aromatic rings. The number of carboxylic acids is 1. The minimum Gasteiger partial charge on any atom is -0.497 e. The zero-order valence-electron chi connectivity index (χ0n) is 12.8. The second kappa shape index (κ2) is 8.29. The number of benzene rings is 1. The fourth-order valence-corrected chi connectivity index (χ4v) is 2.07. The predicted octanol–water partition coefficient (Wildman–Crippen LogP) is 2.24. The molecular weight excluding hydrogens is 270 g/mol. The molecule has 116 valence electrons. The van der Waals surface area contributed by atoms with E-state index in [0.717, 1.165) is 11.3 Å². The van der Waals surface area contributed by atoms with Crippen molar-refractivity contribution in [3.63, 3.8) is 0 Å². The molecule has 0 heterocycles. The zero-order valence-corrected chi connectivity index (χ0v) is 12.8. The van der Waals surface area contributed by atoms with Gasteiger partial charge in [0.05, 0.1) is 7.11 Å². The molecule has 0 fully saturated rings. The van der Waals surface area contributed by atoms with Crippen LogP contribution in [0.15, 0.2) is 24.3 Å². The largest absolute Gasteiger partial charge is 0.497 e. The molecule has 1 aromatic carbocycles. The van der Waals surface area contributed by atoms with Crippen molar-refractivity contribution in [2.24, 2.45) is 5.92 Å². The molecular formula is C16H23NO4. The lowest BCUT2D eigenvalue weighted by atomic mass is 9.99. The minimum absolute atomic E-state index is 0.230. The second-order valence-electron chi connectivity index (χ2n) is 5.14. The summed E-state index contributed by atoms with van der Waals surface area (Å²) >= 11 is 0. The highest BCUT2D eigenvalue weighted by Gasteiger charge is 2.22. The quantitative estimate of drug-likeness (QED) is 0.770. The van der Waals surface area contributed by atoms with Crippen LogP contribution in [0.3, 0.4) is 0 Å². The van der Waals surface area contributed by atoms with Crippen molar-refractivity contribution in [1.82, 2.24) is 5.32 Å². The second-order valence-corrected chi connectivity index (χ2v) is 5.14. The summed E-state index contributed by atoms with van der Waals surface area (Å²) in [5.74, 6) is -0.727. The third kappa shape index (κ3) is 5.45. The Hall–Kier alpha value is -2.04. The smallest absolute Gasteiger partial charge is 0.326 e. The van der Waals surface area contributed by atoms with Crippen molar-refractivity contribution in [2.45, 2.75) is 39.2 Å². The molecule has 0 bridgehead atoms. The fourth-order valence-electron chi connectivity index (χ4n) is 2.07. The number of aliphatic carboxylic acids is 1. The Bertz CT molecular complexity index is 470. The molecule has 1 amide bonds. The van der Waals surface area contributed by atoms with Crippen LogP contribution < -0.4 is 10.1 Å². The van der Waals surface area contributed by atoms with Gasteiger partial charge in [-0.25, -0.2) is 4.79 Å². The summed E-state index contributed by atoms with van der Waals surface area (Å²) in [5.41, 5.74) is 1.01. The molecule has 0 aromatic heterocycles. The summed E-state index contributed by atoms with van der Waals surface area (Å²) in [7, 11) is 1.60. The number of rotatable bonds is 8. The van der Waals surface area contributed by atoms with E-state index in [2.05, 4.69) is 5.32 Å². The number of methoxy groups -OCH3 is 1. The lowest BCUT2D eigenvalue weighted by Gasteiger charge is -2.17. The molecule has 0 saturated carbocycles. The Balaban J connectivity index is 2.58. The van der Waals surface area contributed by atoms with Gasteiger partial charge in [0, 0.05) is 5.92 Å². The number of ether oxygens (including phenoxy) is 1. The number of hydrogen-bond donors (Lipinski definition) is 2. The van der Waals surface area contributed by atoms with Gasteiger partial charge >= 0.3 is 5.97 Å². The molecule has 2 atom stereocenters. The van der Waals surface area contributed by atoms with E-state index < -0.39 is 12.0 Å². The normalized spacial score (nSPS) is 13.3. The highest BCUT2D eigenvalue weighted by atomic mass is 16.5. The van der Waals surface area contributed by atoms with Crippen LogP contribution in [0.5, 0.6) is 5.75 Å². The van der Waals surface area contributed by atoms with E-state index in [9.17, 15) is 9.59 Å². The van der Waals surface area contributed by atoms with Gasteiger partial charge in [-0.2, -0.15) is 0 Å². The van der Waals surface area contributed by atoms with Gasteiger partial charge in [-0.15, -0.1) is 0 Å². The number of amides is 1. The van der Waals surface area contributed by atoms with Gasteiger partial charge in [0.25, 0.3) is 0 Å². The predicted molar refractivity (Wildman–Crippen MR) is 80.3 cm³/mol. The van der Waals surface area contributed by atoms with E-state index in [0.29, 0.717) is 19.3 Å². The van der Waals surface area contributed by atoms with Crippen LogP contribution >= 0.6 is 0 Å². The van der Waals surface area contributed by atoms with Gasteiger partial charge in [0.1, 0.15) is 11.8 Å². The Morgan fingerprint density at radius 3 is 2.38 bits per heavy atom. The molecule has 5 heteroatoms. The summed E-state index contributed by atoms with van der Waals surface area (Å²) in [4.78, 5) is 23.1. The van der Waals surface area contributed by atoms with Gasteiger partial charge in [0.2, 0.25) is 5.91 Å². The topological polar surface area (TPSA) is 75.6 Å². The van der Waals surface area contributed by atoms with E-state index in [1.807, 2.05) is 31.2 Å². The standard InChI is InChI=1S/C16H23NO4/c1-4-5-14(16(19)20)17-15(18)11(2)10-12-6-8-13(21-3)9-7-12/h6-9,11,14H,4-5,10H2,1-3H3,(H,17,18)(H,19,20). The SMILES string of the molecule is CCCC(NC(=O)C(C)Cc1ccc(OC)cc1)C(=O)O. The molecule has 2 N–H and O–H groups in total. The maximum Gasteiger partial charge on any atom is 0.326 e. The van der Waals surface area contributed by atoms with Crippen molar-refractivity contribution in [2.75, 3.05) is 7.11 Å². The highest BCUT2D eigenvalue weighted by molar-refractivity contribution is 5.84. The molecule has 0 radical (unpaired) electrons. The van der Waals surface area contributed by atoms with Crippen LogP contribution in [0.25, 0.3) is 0 Å². The molecule has 0 aliphatic carbocycles. The number of nitrogens with one attached hydrogen (secondary N) is 1. The molecule has 0 saturated heterocycles. The summed E-state index contributed by atoms with van der Waals surface area (Å²) < 4.78 is 5.08. The zero-order chi connectivity index (χ0) is 15.8. The monoisotopic (exact) mass is 293 g/mol. The van der Waals surface area contributed by atoms with Crippen molar-refractivity contribution >= 4 is 11.9 Å². The summed E-state index contributed by atoms with van der Waals surface area (Å²) in [6.07, 6.45) is 1.72. The van der Waals surface area contributed by atoms with E-state index in [1.165, 1.54) is 0 Å². The minimum atomic E-state index is -0.984. The summed E-state index contributed by atoms with van der Waals surface area (Å²) in [5, 5.41) is 11.7. The Morgan fingerprint density at radius 2 is 1.90 bits per heavy atom. The van der Waals surface area contributed by atoms with Gasteiger partial charge < -0.3 is 15.2 Å². The first-order chi connectivity index (χ1) is 9.97. The van der Waals surface area contributed by atoms with E-state index in [1.54, 1.807) is 14.0 Å². The maximum absolute atomic E-state index is 12.1. The highest BCUT2D eigenvalue weighted by Crippen LogP contribution is 2.15. The third-order valence-corrected chi connectivity index (χ3v) is 3.34. The van der Waals surface area contributed by atoms with Crippen LogP contribution in [0.4, 0.5) is 0 Å². The Labute approximate surface area is 125 Å². The molecule has 5 nitrogen and oxygen atoms in total. The molecule has 0 spiro atoms. The first-order valence-corrected chi connectivity index (χ1v) is 7.14. The number of carbonyl (C=O) groups is 2. The Kier molecular flexibility index (Phi) is 6.72. The van der Waals surface area contributed by atoms with Crippen LogP contribution in [0, 0.1) is 5.92 Å². The lowest BCUT2D eigenvalue weighted by molar-refractivity contribution is -0.142. The number of carbonyl (C=O) groups excluding carboxylic acids is 1. The lowest BCUT2D eigenvalue weighted by Crippen LogP contribution is -2.43. The summed E-state index contributed by atoms with van der Waals surface area (Å²) in [6, 6.07) is 6.70. The fraction of sp³-hybridized carbons (Fsp3) is 0.500. The van der Waals surface area contributed by atoms with Crippen molar-refractivity contribution in [3.8, 4) is 5.75 Å². The van der Waals surface area contributed by atoms with Crippen molar-refractivity contribution in [1.29, 1.82) is 0 Å². The Morgan fingerprint density at radius 1 is 1.29 bits per heavy atom. The molecule has 1 rings (SSSR count). The molecule has 2 unspecified atom stereocenters. The van der Waals surface area contributed by atoms with Gasteiger partial charge in [0.15, 0.2) is 0 Å². The molecule has 0 aliphatic heterocycles. The van der Waals surface area contributed by atoms with Gasteiger partial charge in [-0.3, -0.25) is 4.79 Å². The van der Waals surface area contributed by atoms with Crippen molar-refractivity contribution in [3.05, 3.63) is 29.8 Å². The summed E-state index contributed by atoms with van der Waals surface area (Å²) in [6.45, 7) is 3.69. The first-order valence-electron chi connectivity index (χ1n) is 7.14. The number of carboxylic acid groups (broad SMARTS) is 1. The van der Waals surface area contributed by atoms with E-state index in [-0.39, 0.29) is 11.8 Å². The van der Waals surface area contributed by atoms with Crippen LogP contribution in [0.1, 0.15) is 32.3 Å². The van der Waals surface area contributed by atoms with Crippen molar-refractivity contribution < 1.29 is 19.4 Å². The van der Waals surface area contributed by atoms with Crippen LogP contribution in [0.2, 0.25) is 0 Å². The van der Waals surface area contributed by atoms with Gasteiger partial charge in [-0.05, 0) is 30.5 Å². The van der Waals surface area contributed by atoms with E-state index >= 15 is 0 Å². The average molecular weight is 293 g/mol. The third-order valence-electron chi connectivity index (χ3n) is 3.34. The average Bonchev–Trinajstić information content (AvgIpc) is 2.47. The van der Waals surface area contributed by atoms with Crippen LogP contribution in [-0.2, 0) is 16.0 Å². The van der Waals surface area contributed by atoms with Crippen LogP contribution in [-0.4, -0.2) is 30.1 Å². The van der Waals surface area contributed by atoms with E-state index in [4.69, 9.17) is 9.84 Å². The first kappa shape index (κ1) is 17.0. The maximum atomic E-state index is 12.1. The molecule has 0 aliphatic rings.